The molecule has 2 N–H and O–H groups in total. The predicted molar refractivity (Wildman–Crippen MR) is 116 cm³/mol. The van der Waals surface area contributed by atoms with Gasteiger partial charge >= 0.3 is 6.03 Å². The van der Waals surface area contributed by atoms with Crippen LogP contribution in [0.2, 0.25) is 0 Å². The fourth-order valence-electron chi connectivity index (χ4n) is 4.02. The lowest BCUT2D eigenvalue weighted by atomic mass is 10.1. The lowest BCUT2D eigenvalue weighted by Gasteiger charge is -2.26. The van der Waals surface area contributed by atoms with Gasteiger partial charge in [-0.15, -0.1) is 0 Å². The predicted octanol–water partition coefficient (Wildman–Crippen LogP) is 3.44. The van der Waals surface area contributed by atoms with Crippen molar-refractivity contribution < 1.29 is 9.53 Å². The molecule has 0 unspecified atom stereocenters. The zero-order chi connectivity index (χ0) is 19.9. The summed E-state index contributed by atoms with van der Waals surface area (Å²) in [5.41, 5.74) is 4.35. The van der Waals surface area contributed by atoms with Gasteiger partial charge in [0.05, 0.1) is 24.6 Å². The van der Waals surface area contributed by atoms with E-state index in [1.54, 1.807) is 0 Å². The van der Waals surface area contributed by atoms with Gasteiger partial charge in [-0.2, -0.15) is 0 Å². The Morgan fingerprint density at radius 2 is 1.69 bits per heavy atom. The first-order valence-corrected chi connectivity index (χ1v) is 10.5. The number of nitrogens with zero attached hydrogens (tertiary/aromatic N) is 2. The molecule has 2 aliphatic heterocycles. The van der Waals surface area contributed by atoms with Crippen LogP contribution in [0.15, 0.2) is 48.5 Å². The van der Waals surface area contributed by atoms with Crippen LogP contribution in [-0.4, -0.2) is 50.3 Å². The minimum absolute atomic E-state index is 0.171. The Labute approximate surface area is 172 Å². The largest absolute Gasteiger partial charge is 0.379 e. The molecule has 6 heteroatoms. The Kier molecular flexibility index (Phi) is 6.64. The molecule has 0 spiro atoms. The summed E-state index contributed by atoms with van der Waals surface area (Å²) in [5.74, 6) is 0. The smallest absolute Gasteiger partial charge is 0.319 e. The standard InChI is InChI=1S/C23H30N4O2/c28-23(25-21-8-1-2-9-22(21)27-10-3-4-11-27)24-17-19-6-5-7-20(16-19)18-26-12-14-29-15-13-26/h1-2,5-9,16H,3-4,10-15,17-18H2,(H2,24,25,28). The molecule has 0 aliphatic carbocycles. The molecule has 6 nitrogen and oxygen atoms in total. The number of anilines is 2. The number of morpholine rings is 1. The van der Waals surface area contributed by atoms with Crippen LogP contribution in [0.5, 0.6) is 0 Å². The van der Waals surface area contributed by atoms with Crippen molar-refractivity contribution in [2.75, 3.05) is 49.6 Å². The summed E-state index contributed by atoms with van der Waals surface area (Å²) < 4.78 is 5.42. The Morgan fingerprint density at radius 1 is 0.931 bits per heavy atom. The van der Waals surface area contributed by atoms with Crippen molar-refractivity contribution >= 4 is 17.4 Å². The van der Waals surface area contributed by atoms with Crippen LogP contribution in [0.4, 0.5) is 16.2 Å². The number of carbonyl (C=O) groups excluding carboxylic acids is 1. The third kappa shape index (κ3) is 5.49. The molecular formula is C23H30N4O2. The molecule has 2 heterocycles. The number of rotatable bonds is 6. The Hall–Kier alpha value is -2.57. The van der Waals surface area contributed by atoms with Crippen LogP contribution >= 0.6 is 0 Å². The maximum Gasteiger partial charge on any atom is 0.319 e. The van der Waals surface area contributed by atoms with Crippen molar-refractivity contribution in [3.05, 3.63) is 59.7 Å². The molecule has 0 radical (unpaired) electrons. The number of benzene rings is 2. The van der Waals surface area contributed by atoms with Gasteiger partial charge < -0.3 is 20.3 Å². The molecule has 0 aromatic heterocycles. The van der Waals surface area contributed by atoms with Crippen LogP contribution in [0.1, 0.15) is 24.0 Å². The molecule has 0 saturated carbocycles. The van der Waals surface area contributed by atoms with Crippen molar-refractivity contribution in [1.82, 2.24) is 10.2 Å². The molecule has 2 saturated heterocycles. The summed E-state index contributed by atoms with van der Waals surface area (Å²) in [6.45, 7) is 7.09. The molecule has 0 atom stereocenters. The third-order valence-corrected chi connectivity index (χ3v) is 5.55. The maximum atomic E-state index is 12.5. The van der Waals surface area contributed by atoms with E-state index in [4.69, 9.17) is 4.74 Å². The second-order valence-electron chi connectivity index (χ2n) is 7.73. The molecule has 0 bridgehead atoms. The van der Waals surface area contributed by atoms with E-state index in [9.17, 15) is 4.79 Å². The van der Waals surface area contributed by atoms with Crippen LogP contribution in [0.25, 0.3) is 0 Å². The normalized spacial score (nSPS) is 17.3. The molecule has 2 aromatic rings. The van der Waals surface area contributed by atoms with Crippen LogP contribution in [-0.2, 0) is 17.8 Å². The Morgan fingerprint density at radius 3 is 2.52 bits per heavy atom. The average Bonchev–Trinajstić information content (AvgIpc) is 3.28. The minimum atomic E-state index is -0.171. The summed E-state index contributed by atoms with van der Waals surface area (Å²) >= 11 is 0. The number of hydrogen-bond donors (Lipinski definition) is 2. The van der Waals surface area contributed by atoms with Gasteiger partial charge in [-0.3, -0.25) is 4.90 Å². The van der Waals surface area contributed by atoms with E-state index in [0.29, 0.717) is 6.54 Å². The third-order valence-electron chi connectivity index (χ3n) is 5.55. The number of urea groups is 1. The zero-order valence-corrected chi connectivity index (χ0v) is 16.9. The number of carbonyl (C=O) groups is 1. The monoisotopic (exact) mass is 394 g/mol. The second-order valence-corrected chi connectivity index (χ2v) is 7.73. The quantitative estimate of drug-likeness (QED) is 0.788. The van der Waals surface area contributed by atoms with Gasteiger partial charge in [-0.05, 0) is 36.1 Å². The number of para-hydroxylation sites is 2. The van der Waals surface area contributed by atoms with Gasteiger partial charge in [0.2, 0.25) is 0 Å². The van der Waals surface area contributed by atoms with Crippen molar-refractivity contribution in [2.45, 2.75) is 25.9 Å². The van der Waals surface area contributed by atoms with Gasteiger partial charge in [-0.25, -0.2) is 4.79 Å². The highest BCUT2D eigenvalue weighted by Crippen LogP contribution is 2.28. The SMILES string of the molecule is O=C(NCc1cccc(CN2CCOCC2)c1)Nc1ccccc1N1CCCC1. The summed E-state index contributed by atoms with van der Waals surface area (Å²) in [6.07, 6.45) is 2.42. The maximum absolute atomic E-state index is 12.5. The number of hydrogen-bond acceptors (Lipinski definition) is 4. The Balaban J connectivity index is 1.31. The summed E-state index contributed by atoms with van der Waals surface area (Å²) in [6, 6.07) is 16.3. The van der Waals surface area contributed by atoms with Crippen molar-refractivity contribution in [3.63, 3.8) is 0 Å². The van der Waals surface area contributed by atoms with E-state index < -0.39 is 0 Å². The van der Waals surface area contributed by atoms with Crippen LogP contribution in [0, 0.1) is 0 Å². The van der Waals surface area contributed by atoms with E-state index in [-0.39, 0.29) is 6.03 Å². The first-order valence-electron chi connectivity index (χ1n) is 10.5. The minimum Gasteiger partial charge on any atom is -0.379 e. The van der Waals surface area contributed by atoms with E-state index in [2.05, 4.69) is 50.8 Å². The number of amides is 2. The zero-order valence-electron chi connectivity index (χ0n) is 16.9. The van der Waals surface area contributed by atoms with E-state index in [0.717, 1.165) is 62.9 Å². The molecule has 2 aliphatic rings. The van der Waals surface area contributed by atoms with Crippen LogP contribution in [0.3, 0.4) is 0 Å². The summed E-state index contributed by atoms with van der Waals surface area (Å²) in [5, 5.41) is 6.02. The van der Waals surface area contributed by atoms with E-state index >= 15 is 0 Å². The fourth-order valence-corrected chi connectivity index (χ4v) is 4.02. The van der Waals surface area contributed by atoms with E-state index in [1.807, 2.05) is 18.2 Å². The number of ether oxygens (including phenoxy) is 1. The van der Waals surface area contributed by atoms with Crippen molar-refractivity contribution in [3.8, 4) is 0 Å². The highest BCUT2D eigenvalue weighted by atomic mass is 16.5. The Bertz CT molecular complexity index is 814. The molecule has 2 fully saturated rings. The number of nitrogens with one attached hydrogen (secondary N) is 2. The summed E-state index contributed by atoms with van der Waals surface area (Å²) in [4.78, 5) is 17.2. The average molecular weight is 395 g/mol. The molecule has 4 rings (SSSR count). The molecule has 29 heavy (non-hydrogen) atoms. The van der Waals surface area contributed by atoms with Gasteiger partial charge in [0, 0.05) is 39.3 Å². The first-order chi connectivity index (χ1) is 14.3. The highest BCUT2D eigenvalue weighted by Gasteiger charge is 2.16. The van der Waals surface area contributed by atoms with E-state index in [1.165, 1.54) is 18.4 Å². The lowest BCUT2D eigenvalue weighted by Crippen LogP contribution is -2.35. The molecule has 154 valence electrons. The highest BCUT2D eigenvalue weighted by molar-refractivity contribution is 5.93. The summed E-state index contributed by atoms with van der Waals surface area (Å²) in [7, 11) is 0. The van der Waals surface area contributed by atoms with Crippen LogP contribution < -0.4 is 15.5 Å². The lowest BCUT2D eigenvalue weighted by molar-refractivity contribution is 0.0342. The molecular weight excluding hydrogens is 364 g/mol. The van der Waals surface area contributed by atoms with Crippen molar-refractivity contribution in [2.24, 2.45) is 0 Å². The topological polar surface area (TPSA) is 56.8 Å². The van der Waals surface area contributed by atoms with Gasteiger partial charge in [0.25, 0.3) is 0 Å². The molecule has 2 aromatic carbocycles. The second kappa shape index (κ2) is 9.76. The van der Waals surface area contributed by atoms with Gasteiger partial charge in [0.15, 0.2) is 0 Å². The van der Waals surface area contributed by atoms with Gasteiger partial charge in [0.1, 0.15) is 0 Å². The first kappa shape index (κ1) is 19.7. The van der Waals surface area contributed by atoms with Crippen molar-refractivity contribution in [1.29, 1.82) is 0 Å². The molecule has 2 amide bonds. The fraction of sp³-hybridized carbons (Fsp3) is 0.435. The van der Waals surface area contributed by atoms with Gasteiger partial charge in [-0.1, -0.05) is 36.4 Å².